The summed E-state index contributed by atoms with van der Waals surface area (Å²) in [5.41, 5.74) is 2.97. The number of aromatic nitrogens is 4. The lowest BCUT2D eigenvalue weighted by Gasteiger charge is -2.09. The highest BCUT2D eigenvalue weighted by molar-refractivity contribution is 7.15. The summed E-state index contributed by atoms with van der Waals surface area (Å²) >= 11 is 1.67. The fraction of sp³-hybridized carbons (Fsp3) is 0.143. The van der Waals surface area contributed by atoms with Crippen LogP contribution >= 0.6 is 11.3 Å². The Labute approximate surface area is 120 Å². The summed E-state index contributed by atoms with van der Waals surface area (Å²) in [5, 5.41) is 4.25. The van der Waals surface area contributed by atoms with E-state index in [0.29, 0.717) is 5.95 Å². The number of rotatable bonds is 3. The Bertz CT molecular complexity index is 723. The highest BCUT2D eigenvalue weighted by atomic mass is 32.1. The second-order valence-corrected chi connectivity index (χ2v) is 5.47. The van der Waals surface area contributed by atoms with Crippen molar-refractivity contribution < 1.29 is 0 Å². The Morgan fingerprint density at radius 1 is 1.10 bits per heavy atom. The zero-order chi connectivity index (χ0) is 13.9. The number of thiazole rings is 1. The van der Waals surface area contributed by atoms with Gasteiger partial charge in [0.1, 0.15) is 0 Å². The number of nitrogens with zero attached hydrogens (tertiary/aromatic N) is 4. The van der Waals surface area contributed by atoms with Crippen molar-refractivity contribution in [2.24, 2.45) is 0 Å². The van der Waals surface area contributed by atoms with E-state index < -0.39 is 0 Å². The van der Waals surface area contributed by atoms with E-state index in [2.05, 4.69) is 25.3 Å². The third-order valence-corrected chi connectivity index (χ3v) is 3.89. The Kier molecular flexibility index (Phi) is 3.39. The van der Waals surface area contributed by atoms with E-state index in [1.165, 1.54) is 0 Å². The Hall–Kier alpha value is -2.34. The molecule has 0 radical (unpaired) electrons. The highest BCUT2D eigenvalue weighted by Gasteiger charge is 2.12. The lowest BCUT2D eigenvalue weighted by Crippen LogP contribution is -1.98. The molecule has 0 saturated heterocycles. The zero-order valence-electron chi connectivity index (χ0n) is 11.2. The summed E-state index contributed by atoms with van der Waals surface area (Å²) in [6, 6.07) is 3.76. The molecule has 0 aliphatic carbocycles. The van der Waals surface area contributed by atoms with Gasteiger partial charge in [0, 0.05) is 24.2 Å². The van der Waals surface area contributed by atoms with Gasteiger partial charge in [-0.3, -0.25) is 4.98 Å². The van der Waals surface area contributed by atoms with Gasteiger partial charge in [0.05, 0.1) is 27.5 Å². The molecule has 0 aliphatic rings. The van der Waals surface area contributed by atoms with Gasteiger partial charge in [0.25, 0.3) is 0 Å². The highest BCUT2D eigenvalue weighted by Crippen LogP contribution is 2.35. The van der Waals surface area contributed by atoms with Crippen LogP contribution in [0, 0.1) is 13.8 Å². The van der Waals surface area contributed by atoms with Crippen molar-refractivity contribution in [2.75, 3.05) is 5.32 Å². The van der Waals surface area contributed by atoms with Crippen LogP contribution in [0.25, 0.3) is 10.4 Å². The van der Waals surface area contributed by atoms with Crippen LogP contribution in [0.15, 0.2) is 36.9 Å². The summed E-state index contributed by atoms with van der Waals surface area (Å²) in [6.45, 7) is 4.03. The Balaban J connectivity index is 2.03. The molecule has 100 valence electrons. The maximum absolute atomic E-state index is 4.47. The molecule has 0 atom stereocenters. The molecule has 3 aromatic rings. The fourth-order valence-electron chi connectivity index (χ4n) is 1.96. The van der Waals surface area contributed by atoms with Crippen LogP contribution in [-0.2, 0) is 0 Å². The molecule has 0 fully saturated rings. The lowest BCUT2D eigenvalue weighted by molar-refractivity contribution is 1.16. The summed E-state index contributed by atoms with van der Waals surface area (Å²) in [6.07, 6.45) is 6.96. The SMILES string of the molecule is Cc1nc(C)c(-c2ccncc2Nc2ncccn2)s1. The summed E-state index contributed by atoms with van der Waals surface area (Å²) in [5.74, 6) is 0.556. The summed E-state index contributed by atoms with van der Waals surface area (Å²) in [7, 11) is 0. The standard InChI is InChI=1S/C14H13N5S/c1-9-13(20-10(2)18-9)11-4-7-15-8-12(11)19-14-16-5-3-6-17-14/h3-8H,1-2H3,(H,16,17,19). The van der Waals surface area contributed by atoms with Crippen LogP contribution in [0.1, 0.15) is 10.7 Å². The van der Waals surface area contributed by atoms with Crippen molar-refractivity contribution in [3.8, 4) is 10.4 Å². The van der Waals surface area contributed by atoms with E-state index in [-0.39, 0.29) is 0 Å². The first-order chi connectivity index (χ1) is 9.74. The van der Waals surface area contributed by atoms with Crippen LogP contribution in [0.2, 0.25) is 0 Å². The van der Waals surface area contributed by atoms with Crippen LogP contribution in [0.3, 0.4) is 0 Å². The predicted molar refractivity (Wildman–Crippen MR) is 80.1 cm³/mol. The minimum absolute atomic E-state index is 0.556. The molecule has 1 N–H and O–H groups in total. The number of aryl methyl sites for hydroxylation is 2. The van der Waals surface area contributed by atoms with Crippen molar-refractivity contribution in [1.82, 2.24) is 19.9 Å². The quantitative estimate of drug-likeness (QED) is 0.798. The van der Waals surface area contributed by atoms with Crippen LogP contribution in [0.4, 0.5) is 11.6 Å². The minimum Gasteiger partial charge on any atom is -0.322 e. The van der Waals surface area contributed by atoms with E-state index in [1.54, 1.807) is 42.2 Å². The van der Waals surface area contributed by atoms with Crippen molar-refractivity contribution in [2.45, 2.75) is 13.8 Å². The third-order valence-electron chi connectivity index (χ3n) is 2.78. The van der Waals surface area contributed by atoms with Crippen LogP contribution in [-0.4, -0.2) is 19.9 Å². The summed E-state index contributed by atoms with van der Waals surface area (Å²) in [4.78, 5) is 18.1. The lowest BCUT2D eigenvalue weighted by atomic mass is 10.1. The van der Waals surface area contributed by atoms with Crippen LogP contribution < -0.4 is 5.32 Å². The molecular weight excluding hydrogens is 270 g/mol. The molecule has 3 aromatic heterocycles. The molecular formula is C14H13N5S. The second kappa shape index (κ2) is 5.34. The predicted octanol–water partition coefficient (Wildman–Crippen LogP) is 3.36. The molecule has 3 rings (SSSR count). The smallest absolute Gasteiger partial charge is 0.227 e. The molecule has 20 heavy (non-hydrogen) atoms. The zero-order valence-corrected chi connectivity index (χ0v) is 12.0. The molecule has 0 bridgehead atoms. The summed E-state index contributed by atoms with van der Waals surface area (Å²) < 4.78 is 0. The van der Waals surface area contributed by atoms with Crippen molar-refractivity contribution in [1.29, 1.82) is 0 Å². The first kappa shape index (κ1) is 12.7. The first-order valence-corrected chi connectivity index (χ1v) is 6.98. The van der Waals surface area contributed by atoms with Crippen molar-refractivity contribution >= 4 is 23.0 Å². The molecule has 5 nitrogen and oxygen atoms in total. The van der Waals surface area contributed by atoms with Gasteiger partial charge in [0.15, 0.2) is 0 Å². The monoisotopic (exact) mass is 283 g/mol. The number of hydrogen-bond acceptors (Lipinski definition) is 6. The van der Waals surface area contributed by atoms with Gasteiger partial charge in [-0.1, -0.05) is 0 Å². The normalized spacial score (nSPS) is 10.5. The van der Waals surface area contributed by atoms with Gasteiger partial charge in [-0.15, -0.1) is 11.3 Å². The van der Waals surface area contributed by atoms with E-state index in [1.807, 2.05) is 19.9 Å². The fourth-order valence-corrected chi connectivity index (χ4v) is 2.92. The van der Waals surface area contributed by atoms with E-state index in [0.717, 1.165) is 26.8 Å². The Morgan fingerprint density at radius 2 is 1.90 bits per heavy atom. The first-order valence-electron chi connectivity index (χ1n) is 6.16. The minimum atomic E-state index is 0.556. The maximum Gasteiger partial charge on any atom is 0.227 e. The number of hydrogen-bond donors (Lipinski definition) is 1. The van der Waals surface area contributed by atoms with Crippen molar-refractivity contribution in [3.05, 3.63) is 47.6 Å². The van der Waals surface area contributed by atoms with E-state index in [4.69, 9.17) is 0 Å². The topological polar surface area (TPSA) is 63.6 Å². The van der Waals surface area contributed by atoms with Gasteiger partial charge in [0.2, 0.25) is 5.95 Å². The van der Waals surface area contributed by atoms with Gasteiger partial charge < -0.3 is 5.32 Å². The van der Waals surface area contributed by atoms with Gasteiger partial charge in [-0.2, -0.15) is 0 Å². The average molecular weight is 283 g/mol. The maximum atomic E-state index is 4.47. The van der Waals surface area contributed by atoms with Crippen LogP contribution in [0.5, 0.6) is 0 Å². The third kappa shape index (κ3) is 2.50. The Morgan fingerprint density at radius 3 is 2.60 bits per heavy atom. The number of nitrogens with one attached hydrogen (secondary N) is 1. The van der Waals surface area contributed by atoms with Gasteiger partial charge in [-0.25, -0.2) is 15.0 Å². The van der Waals surface area contributed by atoms with Crippen molar-refractivity contribution in [3.63, 3.8) is 0 Å². The molecule has 0 aliphatic heterocycles. The molecule has 0 aromatic carbocycles. The molecule has 0 amide bonds. The molecule has 0 saturated carbocycles. The molecule has 0 unspecified atom stereocenters. The molecule has 3 heterocycles. The van der Waals surface area contributed by atoms with Gasteiger partial charge >= 0.3 is 0 Å². The average Bonchev–Trinajstić information content (AvgIpc) is 2.79. The molecule has 6 heteroatoms. The second-order valence-electron chi connectivity index (χ2n) is 4.27. The number of pyridine rings is 1. The van der Waals surface area contributed by atoms with Gasteiger partial charge in [-0.05, 0) is 26.0 Å². The largest absolute Gasteiger partial charge is 0.322 e. The van der Waals surface area contributed by atoms with E-state index in [9.17, 15) is 0 Å². The number of anilines is 2. The molecule has 0 spiro atoms. The van der Waals surface area contributed by atoms with E-state index >= 15 is 0 Å².